The molecule has 0 saturated heterocycles. The molecule has 0 saturated carbocycles. The van der Waals surface area contributed by atoms with Crippen LogP contribution in [0.15, 0.2) is 79.1 Å². The fourth-order valence-electron chi connectivity index (χ4n) is 2.95. The number of pyridine rings is 1. The van der Waals surface area contributed by atoms with Crippen molar-refractivity contribution in [3.63, 3.8) is 0 Å². The van der Waals surface area contributed by atoms with E-state index in [1.54, 1.807) is 36.7 Å². The van der Waals surface area contributed by atoms with E-state index < -0.39 is 5.41 Å². The zero-order valence-corrected chi connectivity index (χ0v) is 18.8. The first kappa shape index (κ1) is 21.7. The Balaban J connectivity index is 0.00000256. The number of carbonyl (C=O) groups excluding carboxylic acids is 1. The molecular formula is C24H19N3O2Pt. The predicted octanol–water partition coefficient (Wildman–Crippen LogP) is 4.68. The third-order valence-electron chi connectivity index (χ3n) is 4.67. The van der Waals surface area contributed by atoms with Gasteiger partial charge >= 0.3 is 21.1 Å². The summed E-state index contributed by atoms with van der Waals surface area (Å²) in [4.78, 5) is 16.8. The van der Waals surface area contributed by atoms with Crippen molar-refractivity contribution >= 4 is 5.91 Å². The van der Waals surface area contributed by atoms with Gasteiger partial charge in [0.25, 0.3) is 0 Å². The van der Waals surface area contributed by atoms with Crippen LogP contribution >= 0.6 is 0 Å². The molecule has 4 aromatic rings. The van der Waals surface area contributed by atoms with Gasteiger partial charge in [-0.15, -0.1) is 48.0 Å². The molecule has 30 heavy (non-hydrogen) atoms. The molecule has 0 N–H and O–H groups in total. The standard InChI is InChI=1S/C24H19N3O2.Pt/c1-24(2,19-11-8-12-20(17-19)29-22-13-6-7-15-25-22)21-14-16-27(26-21)23(28)18-9-4-3-5-10-18;/h3-9,11-16H,1-2H3;/q-2;+2. The number of aromatic nitrogens is 3. The van der Waals surface area contributed by atoms with E-state index in [1.165, 1.54) is 4.68 Å². The molecule has 5 nitrogen and oxygen atoms in total. The molecule has 0 fully saturated rings. The molecule has 0 amide bonds. The van der Waals surface area contributed by atoms with Crippen LogP contribution in [0.5, 0.6) is 11.6 Å². The van der Waals surface area contributed by atoms with Crippen LogP contribution in [0.1, 0.15) is 35.5 Å². The summed E-state index contributed by atoms with van der Waals surface area (Å²) in [5.74, 6) is 0.861. The number of nitrogens with zero attached hydrogens (tertiary/aromatic N) is 3. The average Bonchev–Trinajstić information content (AvgIpc) is 3.26. The summed E-state index contributed by atoms with van der Waals surface area (Å²) in [6.07, 6.45) is 3.35. The monoisotopic (exact) mass is 576 g/mol. The third kappa shape index (κ3) is 4.58. The van der Waals surface area contributed by atoms with Gasteiger partial charge in [-0.1, -0.05) is 25.5 Å². The van der Waals surface area contributed by atoms with Gasteiger partial charge in [-0.25, -0.2) is 9.67 Å². The summed E-state index contributed by atoms with van der Waals surface area (Å²) in [7, 11) is 0. The van der Waals surface area contributed by atoms with E-state index in [0.29, 0.717) is 17.2 Å². The Hall–Kier alpha value is -3.04. The molecule has 6 heteroatoms. The van der Waals surface area contributed by atoms with Crippen LogP contribution in [0.4, 0.5) is 0 Å². The average molecular weight is 577 g/mol. The summed E-state index contributed by atoms with van der Waals surface area (Å²) >= 11 is 0. The Morgan fingerprint density at radius 2 is 1.87 bits per heavy atom. The van der Waals surface area contributed by atoms with Crippen LogP contribution in [0.3, 0.4) is 0 Å². The smallest absolute Gasteiger partial charge is 0.466 e. The van der Waals surface area contributed by atoms with Crippen molar-refractivity contribution in [1.29, 1.82) is 0 Å². The van der Waals surface area contributed by atoms with Crippen molar-refractivity contribution < 1.29 is 30.6 Å². The van der Waals surface area contributed by atoms with Crippen LogP contribution in [-0.2, 0) is 26.5 Å². The van der Waals surface area contributed by atoms with E-state index in [-0.39, 0.29) is 27.0 Å². The second-order valence-electron chi connectivity index (χ2n) is 7.05. The molecule has 2 aromatic heterocycles. The summed E-state index contributed by atoms with van der Waals surface area (Å²) in [6.45, 7) is 4.07. The number of carbonyl (C=O) groups is 1. The SMILES string of the molecule is CC(C)(c1[c-]c(Oc2ccccn2)ccc1)c1ccn(C(=O)c2[c-]cccc2)n1.[Pt+2]. The Morgan fingerprint density at radius 1 is 1.03 bits per heavy atom. The summed E-state index contributed by atoms with van der Waals surface area (Å²) in [6, 6.07) is 26.4. The van der Waals surface area contributed by atoms with E-state index in [0.717, 1.165) is 11.3 Å². The Kier molecular flexibility index (Phi) is 6.63. The molecule has 0 unspecified atom stereocenters. The topological polar surface area (TPSA) is 57.0 Å². The quantitative estimate of drug-likeness (QED) is 0.324. The van der Waals surface area contributed by atoms with Gasteiger partial charge in [-0.3, -0.25) is 0 Å². The van der Waals surface area contributed by atoms with Gasteiger partial charge in [0.05, 0.1) is 5.69 Å². The Bertz CT molecular complexity index is 1130. The number of hydrogen-bond acceptors (Lipinski definition) is 4. The number of hydrogen-bond donors (Lipinski definition) is 0. The minimum Gasteiger partial charge on any atom is -0.466 e. The molecule has 2 heterocycles. The molecule has 0 radical (unpaired) electrons. The Morgan fingerprint density at radius 3 is 2.60 bits per heavy atom. The van der Waals surface area contributed by atoms with Crippen LogP contribution in [0.25, 0.3) is 0 Å². The first-order valence-corrected chi connectivity index (χ1v) is 9.23. The fraction of sp³-hybridized carbons (Fsp3) is 0.125. The summed E-state index contributed by atoms with van der Waals surface area (Å²) in [5.41, 5.74) is 1.65. The molecule has 0 aliphatic carbocycles. The van der Waals surface area contributed by atoms with E-state index in [9.17, 15) is 4.79 Å². The van der Waals surface area contributed by atoms with E-state index in [4.69, 9.17) is 4.74 Å². The maximum atomic E-state index is 12.6. The minimum absolute atomic E-state index is 0. The van der Waals surface area contributed by atoms with Crippen molar-refractivity contribution in [2.24, 2.45) is 0 Å². The Labute approximate surface area is 190 Å². The second kappa shape index (κ2) is 9.18. The first-order chi connectivity index (χ1) is 14.0. The zero-order valence-electron chi connectivity index (χ0n) is 16.5. The van der Waals surface area contributed by atoms with Crippen molar-refractivity contribution in [3.8, 4) is 11.6 Å². The normalized spacial score (nSPS) is 10.9. The molecule has 0 spiro atoms. The maximum absolute atomic E-state index is 12.6. The van der Waals surface area contributed by atoms with E-state index >= 15 is 0 Å². The van der Waals surface area contributed by atoms with Crippen molar-refractivity contribution in [2.45, 2.75) is 19.3 Å². The van der Waals surface area contributed by atoms with E-state index in [1.807, 2.05) is 56.3 Å². The van der Waals surface area contributed by atoms with Crippen molar-refractivity contribution in [3.05, 3.63) is 108 Å². The van der Waals surface area contributed by atoms with Crippen LogP contribution in [0.2, 0.25) is 0 Å². The number of benzene rings is 2. The molecular weight excluding hydrogens is 557 g/mol. The van der Waals surface area contributed by atoms with Gasteiger partial charge < -0.3 is 9.53 Å². The number of rotatable bonds is 5. The van der Waals surface area contributed by atoms with Gasteiger partial charge in [0.15, 0.2) is 5.91 Å². The zero-order chi connectivity index (χ0) is 20.3. The molecule has 0 bridgehead atoms. The largest absolute Gasteiger partial charge is 2.00 e. The van der Waals surface area contributed by atoms with Crippen molar-refractivity contribution in [2.75, 3.05) is 0 Å². The van der Waals surface area contributed by atoms with Crippen LogP contribution in [0, 0.1) is 12.1 Å². The predicted molar refractivity (Wildman–Crippen MR) is 109 cm³/mol. The van der Waals surface area contributed by atoms with Crippen molar-refractivity contribution in [1.82, 2.24) is 14.8 Å². The van der Waals surface area contributed by atoms with Gasteiger partial charge in [-0.05, 0) is 12.1 Å². The third-order valence-corrected chi connectivity index (χ3v) is 4.67. The fourth-order valence-corrected chi connectivity index (χ4v) is 2.95. The van der Waals surface area contributed by atoms with Gasteiger partial charge in [0.2, 0.25) is 5.88 Å². The molecule has 0 aliphatic rings. The molecule has 0 atom stereocenters. The second-order valence-corrected chi connectivity index (χ2v) is 7.05. The van der Waals surface area contributed by atoms with Gasteiger partial charge in [0, 0.05) is 29.6 Å². The first-order valence-electron chi connectivity index (χ1n) is 9.23. The van der Waals surface area contributed by atoms with Gasteiger partial charge in [0.1, 0.15) is 0 Å². The summed E-state index contributed by atoms with van der Waals surface area (Å²) < 4.78 is 7.15. The molecule has 152 valence electrons. The summed E-state index contributed by atoms with van der Waals surface area (Å²) in [5, 5.41) is 4.52. The van der Waals surface area contributed by atoms with Crippen LogP contribution in [-0.4, -0.2) is 20.7 Å². The minimum atomic E-state index is -0.477. The number of ether oxygens (including phenoxy) is 1. The van der Waals surface area contributed by atoms with Crippen LogP contribution < -0.4 is 4.74 Å². The maximum Gasteiger partial charge on any atom is 2.00 e. The van der Waals surface area contributed by atoms with E-state index in [2.05, 4.69) is 22.2 Å². The molecule has 4 rings (SSSR count). The van der Waals surface area contributed by atoms with Gasteiger partial charge in [-0.2, -0.15) is 17.2 Å². The molecule has 0 aliphatic heterocycles. The molecule has 2 aromatic carbocycles.